The summed E-state index contributed by atoms with van der Waals surface area (Å²) in [6.07, 6.45) is 6.31. The summed E-state index contributed by atoms with van der Waals surface area (Å²) in [6, 6.07) is 2.73. The van der Waals surface area contributed by atoms with E-state index in [1.54, 1.807) is 12.1 Å². The van der Waals surface area contributed by atoms with Gasteiger partial charge in [-0.05, 0) is 23.8 Å². The number of thiophene rings is 1. The van der Waals surface area contributed by atoms with Crippen molar-refractivity contribution in [3.63, 3.8) is 0 Å². The van der Waals surface area contributed by atoms with Gasteiger partial charge in [0.05, 0.1) is 4.88 Å². The Morgan fingerprint density at radius 1 is 1.37 bits per heavy atom. The Morgan fingerprint density at radius 3 is 2.68 bits per heavy atom. The summed E-state index contributed by atoms with van der Waals surface area (Å²) in [6.45, 7) is 0. The first-order valence-electron chi connectivity index (χ1n) is 6.74. The van der Waals surface area contributed by atoms with E-state index in [-0.39, 0.29) is 5.91 Å². The van der Waals surface area contributed by atoms with E-state index < -0.39 is 12.0 Å². The largest absolute Gasteiger partial charge is 0.480 e. The summed E-state index contributed by atoms with van der Waals surface area (Å²) in [5.74, 6) is -0.785. The SMILES string of the molecule is O=C(NC(CC1CCCCC1)C(=O)O)c1cccs1. The summed E-state index contributed by atoms with van der Waals surface area (Å²) >= 11 is 1.33. The molecule has 0 saturated heterocycles. The van der Waals surface area contributed by atoms with Crippen LogP contribution in [-0.2, 0) is 4.79 Å². The Morgan fingerprint density at radius 2 is 2.11 bits per heavy atom. The molecule has 1 amide bonds. The Labute approximate surface area is 116 Å². The van der Waals surface area contributed by atoms with E-state index >= 15 is 0 Å². The number of carbonyl (C=O) groups is 2. The highest BCUT2D eigenvalue weighted by Gasteiger charge is 2.25. The van der Waals surface area contributed by atoms with Crippen LogP contribution in [0.2, 0.25) is 0 Å². The summed E-state index contributed by atoms with van der Waals surface area (Å²) in [4.78, 5) is 23.7. The second-order valence-electron chi connectivity index (χ2n) is 5.08. The fraction of sp³-hybridized carbons (Fsp3) is 0.571. The molecule has 0 spiro atoms. The molecule has 2 rings (SSSR count). The summed E-state index contributed by atoms with van der Waals surface area (Å²) in [5, 5.41) is 13.7. The van der Waals surface area contributed by atoms with Gasteiger partial charge in [-0.15, -0.1) is 11.3 Å². The molecule has 0 bridgehead atoms. The topological polar surface area (TPSA) is 66.4 Å². The molecule has 1 unspecified atom stereocenters. The molecule has 104 valence electrons. The third-order valence-corrected chi connectivity index (χ3v) is 4.51. The number of carboxylic acid groups (broad SMARTS) is 1. The average molecular weight is 281 g/mol. The van der Waals surface area contributed by atoms with Crippen molar-refractivity contribution in [1.82, 2.24) is 5.32 Å². The van der Waals surface area contributed by atoms with Crippen molar-refractivity contribution in [3.05, 3.63) is 22.4 Å². The third kappa shape index (κ3) is 4.06. The fourth-order valence-corrected chi connectivity index (χ4v) is 3.24. The van der Waals surface area contributed by atoms with E-state index in [0.717, 1.165) is 12.8 Å². The number of carbonyl (C=O) groups excluding carboxylic acids is 1. The van der Waals surface area contributed by atoms with Crippen molar-refractivity contribution in [1.29, 1.82) is 0 Å². The smallest absolute Gasteiger partial charge is 0.326 e. The van der Waals surface area contributed by atoms with Crippen molar-refractivity contribution < 1.29 is 14.7 Å². The molecule has 1 aromatic rings. The van der Waals surface area contributed by atoms with E-state index in [0.29, 0.717) is 17.2 Å². The van der Waals surface area contributed by atoms with E-state index in [4.69, 9.17) is 0 Å². The number of aliphatic carboxylic acids is 1. The van der Waals surface area contributed by atoms with Crippen LogP contribution in [0.5, 0.6) is 0 Å². The Bertz CT molecular complexity index is 424. The zero-order valence-electron chi connectivity index (χ0n) is 10.8. The highest BCUT2D eigenvalue weighted by Crippen LogP contribution is 2.27. The summed E-state index contributed by atoms with van der Waals surface area (Å²) < 4.78 is 0. The fourth-order valence-electron chi connectivity index (χ4n) is 2.61. The maximum atomic E-state index is 11.9. The van der Waals surface area contributed by atoms with Gasteiger partial charge in [0.2, 0.25) is 0 Å². The first-order chi connectivity index (χ1) is 9.16. The minimum Gasteiger partial charge on any atom is -0.480 e. The lowest BCUT2D eigenvalue weighted by molar-refractivity contribution is -0.139. The van der Waals surface area contributed by atoms with Crippen LogP contribution in [0, 0.1) is 5.92 Å². The molecule has 1 atom stereocenters. The maximum Gasteiger partial charge on any atom is 0.326 e. The molecule has 5 heteroatoms. The summed E-state index contributed by atoms with van der Waals surface area (Å²) in [5.41, 5.74) is 0. The zero-order valence-corrected chi connectivity index (χ0v) is 11.6. The monoisotopic (exact) mass is 281 g/mol. The van der Waals surface area contributed by atoms with Gasteiger partial charge in [0.25, 0.3) is 5.91 Å². The quantitative estimate of drug-likeness (QED) is 0.872. The molecule has 1 aliphatic carbocycles. The molecule has 0 aromatic carbocycles. The molecule has 0 radical (unpaired) electrons. The van der Waals surface area contributed by atoms with Crippen LogP contribution in [0.3, 0.4) is 0 Å². The number of nitrogens with one attached hydrogen (secondary N) is 1. The van der Waals surface area contributed by atoms with Crippen molar-refractivity contribution >= 4 is 23.2 Å². The number of hydrogen-bond acceptors (Lipinski definition) is 3. The lowest BCUT2D eigenvalue weighted by Crippen LogP contribution is -2.42. The van der Waals surface area contributed by atoms with E-state index in [1.165, 1.54) is 30.6 Å². The molecule has 4 nitrogen and oxygen atoms in total. The van der Waals surface area contributed by atoms with E-state index in [9.17, 15) is 14.7 Å². The molecular formula is C14H19NO3S. The number of amides is 1. The number of hydrogen-bond donors (Lipinski definition) is 2. The van der Waals surface area contributed by atoms with Gasteiger partial charge in [-0.2, -0.15) is 0 Å². The van der Waals surface area contributed by atoms with Gasteiger partial charge in [0.1, 0.15) is 6.04 Å². The highest BCUT2D eigenvalue weighted by molar-refractivity contribution is 7.12. The van der Waals surface area contributed by atoms with Crippen molar-refractivity contribution in [2.24, 2.45) is 5.92 Å². The Kier molecular flexibility index (Phi) is 4.96. The van der Waals surface area contributed by atoms with Crippen LogP contribution in [0.25, 0.3) is 0 Å². The maximum absolute atomic E-state index is 11.9. The first kappa shape index (κ1) is 14.1. The van der Waals surface area contributed by atoms with Gasteiger partial charge in [-0.3, -0.25) is 4.79 Å². The Balaban J connectivity index is 1.92. The molecule has 1 fully saturated rings. The highest BCUT2D eigenvalue weighted by atomic mass is 32.1. The Hall–Kier alpha value is -1.36. The lowest BCUT2D eigenvalue weighted by atomic mass is 9.85. The second kappa shape index (κ2) is 6.70. The lowest BCUT2D eigenvalue weighted by Gasteiger charge is -2.24. The van der Waals surface area contributed by atoms with Crippen LogP contribution in [0.4, 0.5) is 0 Å². The van der Waals surface area contributed by atoms with Crippen LogP contribution >= 0.6 is 11.3 Å². The molecular weight excluding hydrogens is 262 g/mol. The van der Waals surface area contributed by atoms with Gasteiger partial charge in [-0.25, -0.2) is 4.79 Å². The minimum atomic E-state index is -0.935. The van der Waals surface area contributed by atoms with Gasteiger partial charge >= 0.3 is 5.97 Å². The number of rotatable bonds is 5. The van der Waals surface area contributed by atoms with Gasteiger partial charge in [-0.1, -0.05) is 38.2 Å². The van der Waals surface area contributed by atoms with Gasteiger partial charge < -0.3 is 10.4 Å². The van der Waals surface area contributed by atoms with Crippen LogP contribution < -0.4 is 5.32 Å². The van der Waals surface area contributed by atoms with Crippen LogP contribution in [-0.4, -0.2) is 23.0 Å². The molecule has 1 aliphatic rings. The molecule has 1 heterocycles. The minimum absolute atomic E-state index is 0.279. The molecule has 1 saturated carbocycles. The predicted molar refractivity (Wildman–Crippen MR) is 74.4 cm³/mol. The van der Waals surface area contributed by atoms with E-state index in [1.807, 2.05) is 5.38 Å². The summed E-state index contributed by atoms with van der Waals surface area (Å²) in [7, 11) is 0. The molecule has 2 N–H and O–H groups in total. The first-order valence-corrected chi connectivity index (χ1v) is 7.62. The van der Waals surface area contributed by atoms with Crippen molar-refractivity contribution in [3.8, 4) is 0 Å². The second-order valence-corrected chi connectivity index (χ2v) is 6.03. The normalized spacial score (nSPS) is 17.9. The van der Waals surface area contributed by atoms with Gasteiger partial charge in [0.15, 0.2) is 0 Å². The standard InChI is InChI=1S/C14H19NO3S/c16-13(12-7-4-8-19-12)15-11(14(17)18)9-10-5-2-1-3-6-10/h4,7-8,10-11H,1-3,5-6,9H2,(H,15,16)(H,17,18). The van der Waals surface area contributed by atoms with E-state index in [2.05, 4.69) is 5.32 Å². The van der Waals surface area contributed by atoms with Crippen molar-refractivity contribution in [2.45, 2.75) is 44.6 Å². The zero-order chi connectivity index (χ0) is 13.7. The van der Waals surface area contributed by atoms with Crippen LogP contribution in [0.1, 0.15) is 48.2 Å². The van der Waals surface area contributed by atoms with Crippen LogP contribution in [0.15, 0.2) is 17.5 Å². The van der Waals surface area contributed by atoms with Gasteiger partial charge in [0, 0.05) is 0 Å². The third-order valence-electron chi connectivity index (χ3n) is 3.64. The van der Waals surface area contributed by atoms with Crippen molar-refractivity contribution in [2.75, 3.05) is 0 Å². The predicted octanol–water partition coefficient (Wildman–Crippen LogP) is 2.90. The number of carboxylic acids is 1. The average Bonchev–Trinajstić information content (AvgIpc) is 2.93. The molecule has 0 aliphatic heterocycles. The molecule has 19 heavy (non-hydrogen) atoms. The molecule has 1 aromatic heterocycles.